The molecule has 0 atom stereocenters. The monoisotopic (exact) mass is 207 g/mol. The Morgan fingerprint density at radius 2 is 1.73 bits per heavy atom. The third-order valence-electron chi connectivity index (χ3n) is 2.39. The number of hydrogen-bond donors (Lipinski definition) is 1. The lowest BCUT2D eigenvalue weighted by Crippen LogP contribution is -2.12. The van der Waals surface area contributed by atoms with E-state index in [9.17, 15) is 0 Å². The molecule has 0 heterocycles. The van der Waals surface area contributed by atoms with E-state index in [-0.39, 0.29) is 0 Å². The molecule has 2 nitrogen and oxygen atoms in total. The molecule has 0 saturated heterocycles. The summed E-state index contributed by atoms with van der Waals surface area (Å²) in [7, 11) is 0. The Labute approximate surface area is 92.6 Å². The van der Waals surface area contributed by atoms with Crippen molar-refractivity contribution >= 4 is 0 Å². The van der Waals surface area contributed by atoms with Gasteiger partial charge in [0.05, 0.1) is 6.61 Å². The van der Waals surface area contributed by atoms with Crippen LogP contribution in [0.2, 0.25) is 0 Å². The fraction of sp³-hybridized carbons (Fsp3) is 0.538. The zero-order valence-electron chi connectivity index (χ0n) is 10.2. The van der Waals surface area contributed by atoms with Gasteiger partial charge in [-0.25, -0.2) is 0 Å². The van der Waals surface area contributed by atoms with Gasteiger partial charge in [0.2, 0.25) is 0 Å². The SMILES string of the molecule is CCNCc1cc(C)c(OCC)c(C)c1. The van der Waals surface area contributed by atoms with Crippen molar-refractivity contribution in [3.8, 4) is 5.75 Å². The van der Waals surface area contributed by atoms with Crippen LogP contribution < -0.4 is 10.1 Å². The van der Waals surface area contributed by atoms with E-state index in [1.807, 2.05) is 6.92 Å². The molecule has 0 aliphatic rings. The van der Waals surface area contributed by atoms with Gasteiger partial charge in [0.15, 0.2) is 0 Å². The van der Waals surface area contributed by atoms with Crippen molar-refractivity contribution in [3.05, 3.63) is 28.8 Å². The first-order chi connectivity index (χ1) is 7.19. The summed E-state index contributed by atoms with van der Waals surface area (Å²) in [6.07, 6.45) is 0. The Morgan fingerprint density at radius 1 is 1.13 bits per heavy atom. The maximum Gasteiger partial charge on any atom is 0.125 e. The van der Waals surface area contributed by atoms with E-state index in [1.165, 1.54) is 16.7 Å². The van der Waals surface area contributed by atoms with E-state index in [0.717, 1.165) is 25.4 Å². The van der Waals surface area contributed by atoms with Crippen molar-refractivity contribution in [1.29, 1.82) is 0 Å². The minimum Gasteiger partial charge on any atom is -0.493 e. The zero-order chi connectivity index (χ0) is 11.3. The zero-order valence-corrected chi connectivity index (χ0v) is 10.2. The number of nitrogens with one attached hydrogen (secondary N) is 1. The van der Waals surface area contributed by atoms with Gasteiger partial charge in [0.1, 0.15) is 5.75 Å². The van der Waals surface area contributed by atoms with Crippen molar-refractivity contribution < 1.29 is 4.74 Å². The number of benzene rings is 1. The predicted octanol–water partition coefficient (Wildman–Crippen LogP) is 2.81. The summed E-state index contributed by atoms with van der Waals surface area (Å²) < 4.78 is 5.61. The largest absolute Gasteiger partial charge is 0.493 e. The summed E-state index contributed by atoms with van der Waals surface area (Å²) in [6, 6.07) is 4.39. The molecule has 15 heavy (non-hydrogen) atoms. The minimum atomic E-state index is 0.730. The lowest BCUT2D eigenvalue weighted by molar-refractivity contribution is 0.335. The quantitative estimate of drug-likeness (QED) is 0.801. The number of hydrogen-bond acceptors (Lipinski definition) is 2. The molecule has 0 bridgehead atoms. The molecule has 0 aromatic heterocycles. The molecule has 1 rings (SSSR count). The molecule has 0 aliphatic carbocycles. The molecule has 1 N–H and O–H groups in total. The first-order valence-electron chi connectivity index (χ1n) is 5.62. The van der Waals surface area contributed by atoms with E-state index >= 15 is 0 Å². The average Bonchev–Trinajstić information content (AvgIpc) is 2.20. The van der Waals surface area contributed by atoms with Gasteiger partial charge in [-0.3, -0.25) is 0 Å². The number of aryl methyl sites for hydroxylation is 2. The molecule has 2 heteroatoms. The molecular weight excluding hydrogens is 186 g/mol. The Hall–Kier alpha value is -1.02. The van der Waals surface area contributed by atoms with Crippen LogP contribution in [0.5, 0.6) is 5.75 Å². The van der Waals surface area contributed by atoms with E-state index in [4.69, 9.17) is 4.74 Å². The first-order valence-corrected chi connectivity index (χ1v) is 5.62. The van der Waals surface area contributed by atoms with Crippen molar-refractivity contribution in [3.63, 3.8) is 0 Å². The summed E-state index contributed by atoms with van der Waals surface area (Å²) in [5.74, 6) is 1.04. The van der Waals surface area contributed by atoms with Crippen LogP contribution in [-0.2, 0) is 6.54 Å². The summed E-state index contributed by atoms with van der Waals surface area (Å²) in [5.41, 5.74) is 3.78. The molecule has 0 radical (unpaired) electrons. The molecule has 0 spiro atoms. The average molecular weight is 207 g/mol. The summed E-state index contributed by atoms with van der Waals surface area (Å²) >= 11 is 0. The smallest absolute Gasteiger partial charge is 0.125 e. The van der Waals surface area contributed by atoms with E-state index in [1.54, 1.807) is 0 Å². The van der Waals surface area contributed by atoms with Crippen molar-refractivity contribution in [1.82, 2.24) is 5.32 Å². The second-order valence-corrected chi connectivity index (χ2v) is 3.77. The summed E-state index contributed by atoms with van der Waals surface area (Å²) in [6.45, 7) is 11.0. The van der Waals surface area contributed by atoms with Crippen molar-refractivity contribution in [2.75, 3.05) is 13.2 Å². The van der Waals surface area contributed by atoms with Crippen molar-refractivity contribution in [2.45, 2.75) is 34.2 Å². The van der Waals surface area contributed by atoms with Gasteiger partial charge in [-0.05, 0) is 44.0 Å². The van der Waals surface area contributed by atoms with Gasteiger partial charge in [0.25, 0.3) is 0 Å². The molecule has 1 aromatic carbocycles. The van der Waals surface area contributed by atoms with Crippen LogP contribution in [0.1, 0.15) is 30.5 Å². The molecular formula is C13H21NO. The Bertz CT molecular complexity index is 297. The highest BCUT2D eigenvalue weighted by atomic mass is 16.5. The highest BCUT2D eigenvalue weighted by molar-refractivity contribution is 5.43. The molecule has 0 fully saturated rings. The highest BCUT2D eigenvalue weighted by Gasteiger charge is 2.05. The van der Waals surface area contributed by atoms with Crippen LogP contribution in [0.15, 0.2) is 12.1 Å². The molecule has 84 valence electrons. The van der Waals surface area contributed by atoms with Gasteiger partial charge >= 0.3 is 0 Å². The maximum atomic E-state index is 5.61. The summed E-state index contributed by atoms with van der Waals surface area (Å²) in [4.78, 5) is 0. The van der Waals surface area contributed by atoms with Gasteiger partial charge in [-0.2, -0.15) is 0 Å². The normalized spacial score (nSPS) is 10.4. The minimum absolute atomic E-state index is 0.730. The lowest BCUT2D eigenvalue weighted by Gasteiger charge is -2.13. The third kappa shape index (κ3) is 3.24. The second kappa shape index (κ2) is 5.76. The maximum absolute atomic E-state index is 5.61. The van der Waals surface area contributed by atoms with Crippen LogP contribution in [0, 0.1) is 13.8 Å². The highest BCUT2D eigenvalue weighted by Crippen LogP contribution is 2.24. The van der Waals surface area contributed by atoms with Gasteiger partial charge in [-0.1, -0.05) is 19.1 Å². The first kappa shape index (κ1) is 12.1. The predicted molar refractivity (Wildman–Crippen MR) is 64.5 cm³/mol. The fourth-order valence-corrected chi connectivity index (χ4v) is 1.78. The van der Waals surface area contributed by atoms with Crippen LogP contribution >= 0.6 is 0 Å². The van der Waals surface area contributed by atoms with E-state index < -0.39 is 0 Å². The number of ether oxygens (including phenoxy) is 1. The second-order valence-electron chi connectivity index (χ2n) is 3.77. The summed E-state index contributed by atoms with van der Waals surface area (Å²) in [5, 5.41) is 3.33. The standard InChI is InChI=1S/C13H21NO/c1-5-14-9-12-7-10(3)13(15-6-2)11(4)8-12/h7-8,14H,5-6,9H2,1-4H3. The third-order valence-corrected chi connectivity index (χ3v) is 2.39. The van der Waals surface area contributed by atoms with Crippen molar-refractivity contribution in [2.24, 2.45) is 0 Å². The van der Waals surface area contributed by atoms with E-state index in [2.05, 4.69) is 38.2 Å². The lowest BCUT2D eigenvalue weighted by atomic mass is 10.1. The molecule has 0 unspecified atom stereocenters. The van der Waals surface area contributed by atoms with Crippen LogP contribution in [0.25, 0.3) is 0 Å². The molecule has 0 aliphatic heterocycles. The number of rotatable bonds is 5. The van der Waals surface area contributed by atoms with Crippen LogP contribution in [0.4, 0.5) is 0 Å². The topological polar surface area (TPSA) is 21.3 Å². The molecule has 1 aromatic rings. The van der Waals surface area contributed by atoms with E-state index in [0.29, 0.717) is 0 Å². The van der Waals surface area contributed by atoms with Gasteiger partial charge in [0, 0.05) is 6.54 Å². The Kier molecular flexibility index (Phi) is 4.63. The Morgan fingerprint density at radius 3 is 2.20 bits per heavy atom. The fourth-order valence-electron chi connectivity index (χ4n) is 1.78. The Balaban J connectivity index is 2.87. The van der Waals surface area contributed by atoms with Crippen LogP contribution in [0.3, 0.4) is 0 Å². The molecule has 0 amide bonds. The van der Waals surface area contributed by atoms with Gasteiger partial charge in [-0.15, -0.1) is 0 Å². The van der Waals surface area contributed by atoms with Gasteiger partial charge < -0.3 is 10.1 Å². The molecule has 0 saturated carbocycles. The van der Waals surface area contributed by atoms with Crippen LogP contribution in [-0.4, -0.2) is 13.2 Å².